The Labute approximate surface area is 183 Å². The van der Waals surface area contributed by atoms with Crippen LogP contribution in [0.5, 0.6) is 11.5 Å². The summed E-state index contributed by atoms with van der Waals surface area (Å²) in [6.07, 6.45) is 0.206. The first-order valence-corrected chi connectivity index (χ1v) is 9.96. The predicted octanol–water partition coefficient (Wildman–Crippen LogP) is 4.90. The molecule has 0 spiro atoms. The minimum absolute atomic E-state index is 0.200. The van der Waals surface area contributed by atoms with E-state index in [4.69, 9.17) is 9.47 Å². The fourth-order valence-corrected chi connectivity index (χ4v) is 3.35. The maximum atomic E-state index is 12.5. The van der Waals surface area contributed by atoms with Crippen LogP contribution in [0.1, 0.15) is 15.9 Å². The zero-order chi connectivity index (χ0) is 21.5. The molecule has 3 rings (SSSR count). The number of nitrogens with one attached hydrogen (secondary N) is 2. The number of halogens is 1. The Morgan fingerprint density at radius 1 is 0.833 bits per heavy atom. The predicted molar refractivity (Wildman–Crippen MR) is 120 cm³/mol. The van der Waals surface area contributed by atoms with Crippen molar-refractivity contribution in [2.24, 2.45) is 0 Å². The number of amides is 2. The number of hydrogen-bond donors (Lipinski definition) is 2. The van der Waals surface area contributed by atoms with Gasteiger partial charge in [0.2, 0.25) is 5.91 Å². The highest BCUT2D eigenvalue weighted by Gasteiger charge is 2.16. The highest BCUT2D eigenvalue weighted by Crippen LogP contribution is 2.36. The summed E-state index contributed by atoms with van der Waals surface area (Å²) in [6, 6.07) is 19.6. The molecule has 0 atom stereocenters. The van der Waals surface area contributed by atoms with Crippen LogP contribution >= 0.6 is 15.9 Å². The van der Waals surface area contributed by atoms with E-state index in [1.807, 2.05) is 30.3 Å². The Morgan fingerprint density at radius 3 is 2.07 bits per heavy atom. The zero-order valence-electron chi connectivity index (χ0n) is 16.6. The van der Waals surface area contributed by atoms with E-state index in [2.05, 4.69) is 26.6 Å². The van der Waals surface area contributed by atoms with Crippen LogP contribution in [0.25, 0.3) is 0 Å². The molecule has 6 nitrogen and oxygen atoms in total. The van der Waals surface area contributed by atoms with Crippen LogP contribution in [0.3, 0.4) is 0 Å². The number of benzene rings is 3. The molecule has 3 aromatic rings. The molecule has 30 heavy (non-hydrogen) atoms. The molecule has 0 heterocycles. The Morgan fingerprint density at radius 2 is 1.47 bits per heavy atom. The van der Waals surface area contributed by atoms with E-state index < -0.39 is 0 Å². The van der Waals surface area contributed by atoms with E-state index in [1.54, 1.807) is 36.4 Å². The average molecular weight is 469 g/mol. The Bertz CT molecular complexity index is 1050. The van der Waals surface area contributed by atoms with Gasteiger partial charge in [-0.25, -0.2) is 0 Å². The highest BCUT2D eigenvalue weighted by atomic mass is 79.9. The molecule has 0 aliphatic rings. The molecule has 0 aliphatic carbocycles. The van der Waals surface area contributed by atoms with Crippen LogP contribution in [-0.4, -0.2) is 26.0 Å². The van der Waals surface area contributed by atoms with Crippen LogP contribution in [0.2, 0.25) is 0 Å². The van der Waals surface area contributed by atoms with Crippen LogP contribution in [0, 0.1) is 0 Å². The number of hydrogen-bond acceptors (Lipinski definition) is 4. The second-order valence-electron chi connectivity index (χ2n) is 6.43. The van der Waals surface area contributed by atoms with E-state index >= 15 is 0 Å². The van der Waals surface area contributed by atoms with Crippen LogP contribution in [-0.2, 0) is 11.2 Å². The number of anilines is 2. The van der Waals surface area contributed by atoms with Gasteiger partial charge in [0.25, 0.3) is 5.91 Å². The van der Waals surface area contributed by atoms with Crippen LogP contribution < -0.4 is 20.1 Å². The third-order valence-corrected chi connectivity index (χ3v) is 4.83. The zero-order valence-corrected chi connectivity index (χ0v) is 18.2. The van der Waals surface area contributed by atoms with Crippen molar-refractivity contribution in [1.29, 1.82) is 0 Å². The minimum atomic E-state index is -0.276. The second-order valence-corrected chi connectivity index (χ2v) is 7.34. The van der Waals surface area contributed by atoms with Crippen LogP contribution in [0.15, 0.2) is 71.2 Å². The molecule has 0 aliphatic heterocycles. The number of carbonyl (C=O) groups excluding carboxylic acids is 2. The molecule has 7 heteroatoms. The van der Waals surface area contributed by atoms with Crippen molar-refractivity contribution in [3.8, 4) is 11.5 Å². The summed E-state index contributed by atoms with van der Waals surface area (Å²) < 4.78 is 11.7. The van der Waals surface area contributed by atoms with Crippen molar-refractivity contribution in [1.82, 2.24) is 0 Å². The second kappa shape index (κ2) is 9.93. The first-order valence-electron chi connectivity index (χ1n) is 9.17. The molecular weight excluding hydrogens is 448 g/mol. The standard InChI is InChI=1S/C23H21BrN2O4/c1-29-20-14-19(26-23(28)16-8-4-3-5-9-16)21(30-2)13-18(20)25-22(27)12-15-7-6-10-17(24)11-15/h3-11,13-14H,12H2,1-2H3,(H,25,27)(H,26,28). The summed E-state index contributed by atoms with van der Waals surface area (Å²) in [5.41, 5.74) is 2.28. The highest BCUT2D eigenvalue weighted by molar-refractivity contribution is 9.10. The molecule has 0 aromatic heterocycles. The van der Waals surface area contributed by atoms with Gasteiger partial charge in [-0.05, 0) is 29.8 Å². The third kappa shape index (κ3) is 5.39. The largest absolute Gasteiger partial charge is 0.494 e. The summed E-state index contributed by atoms with van der Waals surface area (Å²) >= 11 is 3.40. The fourth-order valence-electron chi connectivity index (χ4n) is 2.90. The molecule has 154 valence electrons. The summed E-state index contributed by atoms with van der Waals surface area (Å²) in [5, 5.41) is 5.66. The smallest absolute Gasteiger partial charge is 0.255 e. The van der Waals surface area contributed by atoms with E-state index in [0.717, 1.165) is 10.0 Å². The Kier molecular flexibility index (Phi) is 7.08. The quantitative estimate of drug-likeness (QED) is 0.516. The summed E-state index contributed by atoms with van der Waals surface area (Å²) in [7, 11) is 2.99. The van der Waals surface area contributed by atoms with Gasteiger partial charge < -0.3 is 20.1 Å². The van der Waals surface area contributed by atoms with Crippen molar-refractivity contribution in [2.45, 2.75) is 6.42 Å². The van der Waals surface area contributed by atoms with Gasteiger partial charge in [-0.3, -0.25) is 9.59 Å². The molecular formula is C23H21BrN2O4. The van der Waals surface area contributed by atoms with E-state index in [9.17, 15) is 9.59 Å². The van der Waals surface area contributed by atoms with Gasteiger partial charge in [-0.1, -0.05) is 46.3 Å². The van der Waals surface area contributed by atoms with Gasteiger partial charge in [0.15, 0.2) is 0 Å². The maximum Gasteiger partial charge on any atom is 0.255 e. The average Bonchev–Trinajstić information content (AvgIpc) is 2.74. The van der Waals surface area contributed by atoms with Crippen molar-refractivity contribution in [2.75, 3.05) is 24.9 Å². The Balaban J connectivity index is 1.80. The normalized spacial score (nSPS) is 10.2. The first-order chi connectivity index (χ1) is 14.5. The van der Waals surface area contributed by atoms with Gasteiger partial charge in [0.05, 0.1) is 32.0 Å². The molecule has 0 radical (unpaired) electrons. The van der Waals surface area contributed by atoms with Crippen LogP contribution in [0.4, 0.5) is 11.4 Å². The lowest BCUT2D eigenvalue weighted by Crippen LogP contribution is -2.16. The van der Waals surface area contributed by atoms with Gasteiger partial charge in [0.1, 0.15) is 11.5 Å². The number of methoxy groups -OCH3 is 2. The minimum Gasteiger partial charge on any atom is -0.494 e. The third-order valence-electron chi connectivity index (χ3n) is 4.33. The van der Waals surface area contributed by atoms with Crippen molar-refractivity contribution in [3.63, 3.8) is 0 Å². The lowest BCUT2D eigenvalue weighted by atomic mass is 10.1. The SMILES string of the molecule is COc1cc(NC(=O)c2ccccc2)c(OC)cc1NC(=O)Cc1cccc(Br)c1. The van der Waals surface area contributed by atoms with E-state index in [1.165, 1.54) is 14.2 Å². The van der Waals surface area contributed by atoms with Gasteiger partial charge in [0, 0.05) is 22.2 Å². The molecule has 3 aromatic carbocycles. The molecule has 0 unspecified atom stereocenters. The van der Waals surface area contributed by atoms with E-state index in [-0.39, 0.29) is 18.2 Å². The molecule has 2 amide bonds. The lowest BCUT2D eigenvalue weighted by Gasteiger charge is -2.16. The summed E-state index contributed by atoms with van der Waals surface area (Å²) in [5.74, 6) is 0.330. The van der Waals surface area contributed by atoms with Gasteiger partial charge in [-0.2, -0.15) is 0 Å². The number of ether oxygens (including phenoxy) is 2. The monoisotopic (exact) mass is 468 g/mol. The van der Waals surface area contributed by atoms with E-state index in [0.29, 0.717) is 28.4 Å². The molecule has 0 bridgehead atoms. The number of carbonyl (C=O) groups is 2. The van der Waals surface area contributed by atoms with Crippen molar-refractivity contribution < 1.29 is 19.1 Å². The Hall–Kier alpha value is -3.32. The van der Waals surface area contributed by atoms with Gasteiger partial charge in [-0.15, -0.1) is 0 Å². The number of rotatable bonds is 7. The molecule has 0 fully saturated rings. The summed E-state index contributed by atoms with van der Waals surface area (Å²) in [4.78, 5) is 25.0. The maximum absolute atomic E-state index is 12.5. The topological polar surface area (TPSA) is 76.7 Å². The molecule has 2 N–H and O–H groups in total. The van der Waals surface area contributed by atoms with Crippen molar-refractivity contribution in [3.05, 3.63) is 82.3 Å². The lowest BCUT2D eigenvalue weighted by molar-refractivity contribution is -0.115. The molecule has 0 saturated carbocycles. The fraction of sp³-hybridized carbons (Fsp3) is 0.130. The molecule has 0 saturated heterocycles. The summed E-state index contributed by atoms with van der Waals surface area (Å²) in [6.45, 7) is 0. The van der Waals surface area contributed by atoms with Gasteiger partial charge >= 0.3 is 0 Å². The van der Waals surface area contributed by atoms with Crippen molar-refractivity contribution >= 4 is 39.1 Å². The first kappa shape index (κ1) is 21.4.